The van der Waals surface area contributed by atoms with Crippen LogP contribution in [0.5, 0.6) is 0 Å². The van der Waals surface area contributed by atoms with Crippen molar-refractivity contribution >= 4 is 58.3 Å². The molecule has 0 spiro atoms. The summed E-state index contributed by atoms with van der Waals surface area (Å²) in [6.07, 6.45) is 0.0925. The Bertz CT molecular complexity index is 1490. The summed E-state index contributed by atoms with van der Waals surface area (Å²) < 4.78 is 0. The van der Waals surface area contributed by atoms with E-state index in [1.165, 1.54) is 6.92 Å². The number of carbonyl (C=O) groups excluding carboxylic acids is 7. The summed E-state index contributed by atoms with van der Waals surface area (Å²) >= 11 is 0.648. The third kappa shape index (κ3) is 15.1. The Morgan fingerprint density at radius 2 is 1.30 bits per heavy atom. The lowest BCUT2D eigenvalue weighted by atomic mass is 9.99. The topological polar surface area (TPSA) is 255 Å². The zero-order chi connectivity index (χ0) is 40.7. The number of aliphatic carboxylic acids is 1. The fourth-order valence-corrected chi connectivity index (χ4v) is 6.48. The molecule has 1 aliphatic heterocycles. The number of rotatable bonds is 14. The lowest BCUT2D eigenvalue weighted by Gasteiger charge is -2.29. The van der Waals surface area contributed by atoms with Crippen LogP contribution < -0.4 is 37.6 Å². The van der Waals surface area contributed by atoms with Gasteiger partial charge in [-0.25, -0.2) is 0 Å². The standard InChI is InChI=1S/C37H57N7O9S/c1-8-21(6)30(38)36(52)39-22(7)31(47)44-28-18-54-37(53)27(15-20(4)5)43-32(48)24(14-19(2)3)40-33(49)25(16-23-12-10-9-11-13-23)41-34(50)26(17-29(45)46)42-35(28)51/h9-13,19-22,24-28,30H,8,14-18,38H2,1-7H3,(H,39,52)(H,40,49)(H,41,50)(H,42,51)(H,43,48)(H,44,47)(H,45,46)/t21-,22-,24-,25-,26-,27-,28-,30-/m0/s1. The largest absolute Gasteiger partial charge is 0.481 e. The number of hydrogen-bond acceptors (Lipinski definition) is 10. The first-order valence-corrected chi connectivity index (χ1v) is 19.3. The van der Waals surface area contributed by atoms with Crippen LogP contribution in [0.4, 0.5) is 0 Å². The second-order valence-corrected chi connectivity index (χ2v) is 15.6. The van der Waals surface area contributed by atoms with Crippen molar-refractivity contribution in [2.45, 2.75) is 123 Å². The molecule has 2 rings (SSSR count). The Labute approximate surface area is 321 Å². The minimum absolute atomic E-state index is 0.0454. The molecular weight excluding hydrogens is 719 g/mol. The number of benzene rings is 1. The quantitative estimate of drug-likeness (QED) is 0.128. The summed E-state index contributed by atoms with van der Waals surface area (Å²) in [4.78, 5) is 107. The van der Waals surface area contributed by atoms with Gasteiger partial charge in [-0.05, 0) is 43.1 Å². The van der Waals surface area contributed by atoms with Crippen LogP contribution >= 0.6 is 11.8 Å². The van der Waals surface area contributed by atoms with Crippen molar-refractivity contribution in [3.63, 3.8) is 0 Å². The van der Waals surface area contributed by atoms with Gasteiger partial charge in [0.05, 0.1) is 18.5 Å². The van der Waals surface area contributed by atoms with Crippen molar-refractivity contribution in [3.05, 3.63) is 35.9 Å². The summed E-state index contributed by atoms with van der Waals surface area (Å²) in [5.41, 5.74) is 6.66. The summed E-state index contributed by atoms with van der Waals surface area (Å²) in [6.45, 7) is 12.4. The van der Waals surface area contributed by atoms with E-state index < -0.39 is 95.2 Å². The van der Waals surface area contributed by atoms with E-state index in [0.717, 1.165) is 0 Å². The average molecular weight is 776 g/mol. The molecule has 6 amide bonds. The molecule has 0 bridgehead atoms. The van der Waals surface area contributed by atoms with E-state index in [9.17, 15) is 43.5 Å². The molecule has 1 heterocycles. The maximum atomic E-state index is 13.9. The van der Waals surface area contributed by atoms with Gasteiger partial charge in [-0.15, -0.1) is 0 Å². The highest BCUT2D eigenvalue weighted by atomic mass is 32.2. The SMILES string of the molecule is CC[C@H](C)[C@H](N)C(=O)N[C@@H](C)C(=O)N[C@H]1CSC(=O)[C@H](CC(C)C)NC(=O)[C@H](CC(C)C)NC(=O)[C@H](Cc2ccccc2)NC(=O)[C@H](CC(=O)O)NC1=O. The van der Waals surface area contributed by atoms with Crippen molar-refractivity contribution in [3.8, 4) is 0 Å². The maximum Gasteiger partial charge on any atom is 0.305 e. The lowest BCUT2D eigenvalue weighted by molar-refractivity contribution is -0.141. The molecule has 0 radical (unpaired) electrons. The van der Waals surface area contributed by atoms with Crippen LogP contribution in [0.3, 0.4) is 0 Å². The van der Waals surface area contributed by atoms with Crippen LogP contribution in [-0.4, -0.2) is 99.7 Å². The van der Waals surface area contributed by atoms with Gasteiger partial charge in [0.2, 0.25) is 40.6 Å². The molecule has 1 aromatic carbocycles. The van der Waals surface area contributed by atoms with E-state index in [-0.39, 0.29) is 42.8 Å². The van der Waals surface area contributed by atoms with Gasteiger partial charge in [0.15, 0.2) is 0 Å². The third-order valence-corrected chi connectivity index (χ3v) is 9.98. The van der Waals surface area contributed by atoms with Crippen LogP contribution in [0, 0.1) is 17.8 Å². The number of thioether (sulfide) groups is 1. The monoisotopic (exact) mass is 775 g/mol. The number of hydrogen-bond donors (Lipinski definition) is 8. The van der Waals surface area contributed by atoms with Crippen LogP contribution in [0.15, 0.2) is 30.3 Å². The second kappa shape index (κ2) is 22.0. The average Bonchev–Trinajstić information content (AvgIpc) is 3.10. The fourth-order valence-electron chi connectivity index (χ4n) is 5.55. The van der Waals surface area contributed by atoms with E-state index in [4.69, 9.17) is 5.73 Å². The van der Waals surface area contributed by atoms with Crippen LogP contribution in [0.2, 0.25) is 0 Å². The molecule has 0 aliphatic carbocycles. The molecular formula is C37H57N7O9S. The lowest BCUT2D eigenvalue weighted by Crippen LogP contribution is -2.61. The normalized spacial score (nSPS) is 23.7. The van der Waals surface area contributed by atoms with Gasteiger partial charge in [-0.3, -0.25) is 38.4 Å². The molecule has 300 valence electrons. The molecule has 1 saturated heterocycles. The number of carbonyl (C=O) groups is 8. The molecule has 1 aliphatic rings. The van der Waals surface area contributed by atoms with Crippen LogP contribution in [-0.2, 0) is 44.8 Å². The molecule has 8 atom stereocenters. The zero-order valence-corrected chi connectivity index (χ0v) is 32.9. The predicted octanol–water partition coefficient (Wildman–Crippen LogP) is 0.372. The zero-order valence-electron chi connectivity index (χ0n) is 32.1. The first-order valence-electron chi connectivity index (χ1n) is 18.3. The third-order valence-electron chi connectivity index (χ3n) is 8.91. The first-order chi connectivity index (χ1) is 25.3. The van der Waals surface area contributed by atoms with Crippen molar-refractivity contribution in [1.29, 1.82) is 0 Å². The van der Waals surface area contributed by atoms with Gasteiger partial charge in [0.1, 0.15) is 30.2 Å². The Morgan fingerprint density at radius 1 is 0.778 bits per heavy atom. The predicted molar refractivity (Wildman–Crippen MR) is 203 cm³/mol. The van der Waals surface area contributed by atoms with E-state index in [1.54, 1.807) is 37.3 Å². The Hall–Kier alpha value is -4.51. The maximum absolute atomic E-state index is 13.9. The minimum Gasteiger partial charge on any atom is -0.481 e. The Morgan fingerprint density at radius 3 is 1.87 bits per heavy atom. The molecule has 54 heavy (non-hydrogen) atoms. The van der Waals surface area contributed by atoms with Crippen molar-refractivity contribution in [1.82, 2.24) is 31.9 Å². The van der Waals surface area contributed by atoms with Gasteiger partial charge in [-0.2, -0.15) is 0 Å². The number of nitrogens with two attached hydrogens (primary N) is 1. The molecule has 9 N–H and O–H groups in total. The number of carboxylic acid groups (broad SMARTS) is 1. The molecule has 0 aromatic heterocycles. The molecule has 0 saturated carbocycles. The van der Waals surface area contributed by atoms with Crippen molar-refractivity contribution in [2.24, 2.45) is 23.5 Å². The van der Waals surface area contributed by atoms with Crippen LogP contribution in [0.25, 0.3) is 0 Å². The summed E-state index contributed by atoms with van der Waals surface area (Å²) in [5, 5.41) is 24.6. The van der Waals surface area contributed by atoms with Gasteiger partial charge in [0.25, 0.3) is 0 Å². The molecule has 0 unspecified atom stereocenters. The highest BCUT2D eigenvalue weighted by Crippen LogP contribution is 2.17. The molecule has 1 fully saturated rings. The van der Waals surface area contributed by atoms with E-state index >= 15 is 0 Å². The molecule has 17 heteroatoms. The highest BCUT2D eigenvalue weighted by Gasteiger charge is 2.36. The second-order valence-electron chi connectivity index (χ2n) is 14.6. The smallest absolute Gasteiger partial charge is 0.305 e. The first kappa shape index (κ1) is 45.6. The van der Waals surface area contributed by atoms with Crippen LogP contribution in [0.1, 0.15) is 79.7 Å². The highest BCUT2D eigenvalue weighted by molar-refractivity contribution is 8.13. The number of amides is 6. The van der Waals surface area contributed by atoms with Gasteiger partial charge in [-0.1, -0.05) is 90.1 Å². The Balaban J connectivity index is 2.58. The van der Waals surface area contributed by atoms with Crippen molar-refractivity contribution < 1.29 is 43.5 Å². The molecule has 16 nitrogen and oxygen atoms in total. The van der Waals surface area contributed by atoms with Gasteiger partial charge in [0, 0.05) is 12.2 Å². The number of nitrogens with one attached hydrogen (secondary N) is 6. The summed E-state index contributed by atoms with van der Waals surface area (Å²) in [5.74, 6) is -6.92. The number of carboxylic acids is 1. The summed E-state index contributed by atoms with van der Waals surface area (Å²) in [7, 11) is 0. The minimum atomic E-state index is -1.72. The van der Waals surface area contributed by atoms with E-state index in [1.807, 2.05) is 34.6 Å². The van der Waals surface area contributed by atoms with Gasteiger partial charge < -0.3 is 42.7 Å². The summed E-state index contributed by atoms with van der Waals surface area (Å²) in [6, 6.07) is -0.0828. The molecule has 1 aromatic rings. The fraction of sp³-hybridized carbons (Fsp3) is 0.622. The van der Waals surface area contributed by atoms with Crippen molar-refractivity contribution in [2.75, 3.05) is 5.75 Å². The Kier molecular flexibility index (Phi) is 18.6. The van der Waals surface area contributed by atoms with E-state index in [2.05, 4.69) is 31.9 Å². The van der Waals surface area contributed by atoms with E-state index in [0.29, 0.717) is 23.7 Å². The van der Waals surface area contributed by atoms with Gasteiger partial charge >= 0.3 is 5.97 Å².